The van der Waals surface area contributed by atoms with E-state index < -0.39 is 0 Å². The molecular formula is C16H18ClNO. The van der Waals surface area contributed by atoms with E-state index in [0.29, 0.717) is 0 Å². The SMILES string of the molecule is CCCC1Oc2c(cc(Cl)c3ccccc23)C1NC. The van der Waals surface area contributed by atoms with Gasteiger partial charge in [0.25, 0.3) is 0 Å². The number of likely N-dealkylation sites (N-methyl/N-ethyl adjacent to an activating group) is 1. The first-order valence-electron chi connectivity index (χ1n) is 6.81. The van der Waals surface area contributed by atoms with Crippen LogP contribution in [-0.2, 0) is 0 Å². The minimum Gasteiger partial charge on any atom is -0.487 e. The van der Waals surface area contributed by atoms with E-state index in [0.717, 1.165) is 34.4 Å². The van der Waals surface area contributed by atoms with Gasteiger partial charge in [-0.05, 0) is 19.5 Å². The second-order valence-electron chi connectivity index (χ2n) is 5.03. The maximum absolute atomic E-state index is 6.40. The Morgan fingerprint density at radius 3 is 2.68 bits per heavy atom. The van der Waals surface area contributed by atoms with Crippen molar-refractivity contribution >= 4 is 22.4 Å². The van der Waals surface area contributed by atoms with E-state index in [2.05, 4.69) is 24.4 Å². The summed E-state index contributed by atoms with van der Waals surface area (Å²) in [5.74, 6) is 0.998. The number of benzene rings is 2. The molecule has 0 radical (unpaired) electrons. The average Bonchev–Trinajstić information content (AvgIpc) is 2.77. The minimum atomic E-state index is 0.201. The van der Waals surface area contributed by atoms with Crippen LogP contribution in [0.25, 0.3) is 10.8 Å². The molecule has 19 heavy (non-hydrogen) atoms. The molecule has 0 bridgehead atoms. The maximum Gasteiger partial charge on any atom is 0.132 e. The quantitative estimate of drug-likeness (QED) is 0.901. The van der Waals surface area contributed by atoms with Gasteiger partial charge in [-0.1, -0.05) is 49.2 Å². The lowest BCUT2D eigenvalue weighted by Gasteiger charge is -2.17. The van der Waals surface area contributed by atoms with Crippen LogP contribution in [0.2, 0.25) is 5.02 Å². The molecule has 0 fully saturated rings. The lowest BCUT2D eigenvalue weighted by Crippen LogP contribution is -2.28. The van der Waals surface area contributed by atoms with Gasteiger partial charge in [0.15, 0.2) is 0 Å². The molecule has 0 aromatic heterocycles. The van der Waals surface area contributed by atoms with Crippen molar-refractivity contribution in [2.24, 2.45) is 0 Å². The normalized spacial score (nSPS) is 21.4. The van der Waals surface area contributed by atoms with Crippen LogP contribution in [0, 0.1) is 0 Å². The van der Waals surface area contributed by atoms with E-state index >= 15 is 0 Å². The number of nitrogens with one attached hydrogen (secondary N) is 1. The molecule has 0 saturated carbocycles. The van der Waals surface area contributed by atoms with E-state index in [1.54, 1.807) is 0 Å². The first-order chi connectivity index (χ1) is 9.26. The third-order valence-corrected chi connectivity index (χ3v) is 4.15. The number of fused-ring (bicyclic) bond motifs is 3. The number of hydrogen-bond acceptors (Lipinski definition) is 2. The molecule has 0 amide bonds. The first-order valence-corrected chi connectivity index (χ1v) is 7.19. The van der Waals surface area contributed by atoms with E-state index in [4.69, 9.17) is 16.3 Å². The Hall–Kier alpha value is -1.25. The van der Waals surface area contributed by atoms with Crippen LogP contribution in [0.5, 0.6) is 5.75 Å². The third-order valence-electron chi connectivity index (χ3n) is 3.83. The molecule has 2 nitrogen and oxygen atoms in total. The van der Waals surface area contributed by atoms with Gasteiger partial charge in [0.05, 0.1) is 6.04 Å². The van der Waals surface area contributed by atoms with Crippen molar-refractivity contribution in [1.29, 1.82) is 0 Å². The van der Waals surface area contributed by atoms with Crippen LogP contribution in [-0.4, -0.2) is 13.2 Å². The van der Waals surface area contributed by atoms with Gasteiger partial charge in [-0.25, -0.2) is 0 Å². The van der Waals surface area contributed by atoms with Crippen LogP contribution in [0.3, 0.4) is 0 Å². The summed E-state index contributed by atoms with van der Waals surface area (Å²) >= 11 is 6.40. The number of hydrogen-bond donors (Lipinski definition) is 1. The standard InChI is InChI=1S/C16H18ClNO/c1-3-6-14-15(18-2)12-9-13(17)10-7-4-5-8-11(10)16(12)19-14/h4-5,7-9,14-15,18H,3,6H2,1-2H3. The second kappa shape index (κ2) is 5.03. The van der Waals surface area contributed by atoms with Crippen molar-refractivity contribution in [3.63, 3.8) is 0 Å². The Morgan fingerprint density at radius 1 is 1.26 bits per heavy atom. The molecule has 2 aromatic carbocycles. The zero-order valence-electron chi connectivity index (χ0n) is 11.2. The van der Waals surface area contributed by atoms with E-state index in [9.17, 15) is 0 Å². The van der Waals surface area contributed by atoms with Crippen molar-refractivity contribution < 1.29 is 4.74 Å². The monoisotopic (exact) mass is 275 g/mol. The Bertz CT molecular complexity index is 611. The second-order valence-corrected chi connectivity index (χ2v) is 5.44. The lowest BCUT2D eigenvalue weighted by atomic mass is 9.98. The van der Waals surface area contributed by atoms with Gasteiger partial charge in [0, 0.05) is 21.4 Å². The van der Waals surface area contributed by atoms with E-state index in [1.807, 2.05) is 25.2 Å². The van der Waals surface area contributed by atoms with Gasteiger partial charge in [-0.2, -0.15) is 0 Å². The molecule has 0 spiro atoms. The molecule has 2 unspecified atom stereocenters. The highest BCUT2D eigenvalue weighted by Gasteiger charge is 2.34. The minimum absolute atomic E-state index is 0.201. The fourth-order valence-electron chi connectivity index (χ4n) is 2.96. The highest BCUT2D eigenvalue weighted by atomic mass is 35.5. The van der Waals surface area contributed by atoms with Gasteiger partial charge >= 0.3 is 0 Å². The summed E-state index contributed by atoms with van der Waals surface area (Å²) in [4.78, 5) is 0. The molecule has 3 heteroatoms. The Kier molecular flexibility index (Phi) is 3.38. The molecule has 1 aliphatic heterocycles. The number of halogens is 1. The van der Waals surface area contributed by atoms with Crippen LogP contribution in [0.15, 0.2) is 30.3 Å². The first kappa shape index (κ1) is 12.8. The summed E-state index contributed by atoms with van der Waals surface area (Å²) in [6.45, 7) is 2.18. The topological polar surface area (TPSA) is 21.3 Å². The molecule has 1 heterocycles. The Balaban J connectivity index is 2.18. The van der Waals surface area contributed by atoms with Gasteiger partial charge < -0.3 is 10.1 Å². The molecule has 3 rings (SSSR count). The van der Waals surface area contributed by atoms with Crippen LogP contribution in [0.4, 0.5) is 0 Å². The highest BCUT2D eigenvalue weighted by molar-refractivity contribution is 6.36. The van der Waals surface area contributed by atoms with Crippen LogP contribution < -0.4 is 10.1 Å². The van der Waals surface area contributed by atoms with Crippen LogP contribution >= 0.6 is 11.6 Å². The van der Waals surface area contributed by atoms with Crippen molar-refractivity contribution in [3.05, 3.63) is 40.9 Å². The molecule has 1 N–H and O–H groups in total. The predicted octanol–water partition coefficient (Wildman–Crippen LogP) is 4.31. The summed E-state index contributed by atoms with van der Waals surface area (Å²) in [5, 5.41) is 6.34. The molecule has 2 atom stereocenters. The summed E-state index contributed by atoms with van der Waals surface area (Å²) in [6, 6.07) is 10.5. The number of rotatable bonds is 3. The predicted molar refractivity (Wildman–Crippen MR) is 80.1 cm³/mol. The van der Waals surface area contributed by atoms with Gasteiger partial charge in [0.1, 0.15) is 11.9 Å². The fourth-order valence-corrected chi connectivity index (χ4v) is 3.24. The number of ether oxygens (including phenoxy) is 1. The zero-order chi connectivity index (χ0) is 13.4. The summed E-state index contributed by atoms with van der Waals surface area (Å²) in [6.07, 6.45) is 2.36. The van der Waals surface area contributed by atoms with Crippen LogP contribution in [0.1, 0.15) is 31.4 Å². The van der Waals surface area contributed by atoms with E-state index in [-0.39, 0.29) is 12.1 Å². The summed E-state index contributed by atoms with van der Waals surface area (Å²) in [7, 11) is 1.98. The highest BCUT2D eigenvalue weighted by Crippen LogP contribution is 2.45. The molecule has 0 saturated heterocycles. The summed E-state index contributed by atoms with van der Waals surface area (Å²) < 4.78 is 6.20. The summed E-state index contributed by atoms with van der Waals surface area (Å²) in [5.41, 5.74) is 1.18. The van der Waals surface area contributed by atoms with Gasteiger partial charge in [-0.15, -0.1) is 0 Å². The lowest BCUT2D eigenvalue weighted by molar-refractivity contribution is 0.184. The molecule has 100 valence electrons. The molecular weight excluding hydrogens is 258 g/mol. The zero-order valence-corrected chi connectivity index (χ0v) is 12.0. The largest absolute Gasteiger partial charge is 0.487 e. The molecule has 0 aliphatic carbocycles. The molecule has 2 aromatic rings. The average molecular weight is 276 g/mol. The van der Waals surface area contributed by atoms with Gasteiger partial charge in [-0.3, -0.25) is 0 Å². The molecule has 1 aliphatic rings. The third kappa shape index (κ3) is 1.99. The van der Waals surface area contributed by atoms with Gasteiger partial charge in [0.2, 0.25) is 0 Å². The fraction of sp³-hybridized carbons (Fsp3) is 0.375. The maximum atomic E-state index is 6.40. The van der Waals surface area contributed by atoms with Crippen molar-refractivity contribution in [3.8, 4) is 5.75 Å². The van der Waals surface area contributed by atoms with E-state index in [1.165, 1.54) is 5.56 Å². The van der Waals surface area contributed by atoms with Crippen molar-refractivity contribution in [2.45, 2.75) is 31.9 Å². The van der Waals surface area contributed by atoms with Crippen molar-refractivity contribution in [2.75, 3.05) is 7.05 Å². The Labute approximate surface area is 118 Å². The van der Waals surface area contributed by atoms with Crippen molar-refractivity contribution in [1.82, 2.24) is 5.32 Å². The smallest absolute Gasteiger partial charge is 0.132 e. The Morgan fingerprint density at radius 2 is 2.00 bits per heavy atom.